The molecule has 4 heteroatoms. The number of methoxy groups -OCH3 is 1. The Morgan fingerprint density at radius 3 is 2.43 bits per heavy atom. The van der Waals surface area contributed by atoms with Crippen molar-refractivity contribution in [3.8, 4) is 17.0 Å². The predicted octanol–water partition coefficient (Wildman–Crippen LogP) is 5.88. The normalized spacial score (nSPS) is 10.8. The van der Waals surface area contributed by atoms with Gasteiger partial charge >= 0.3 is 5.97 Å². The van der Waals surface area contributed by atoms with Gasteiger partial charge in [0.15, 0.2) is 0 Å². The Hall–Kier alpha value is -3.66. The number of ether oxygens (including phenoxy) is 2. The maximum absolute atomic E-state index is 13.2. The number of para-hydroxylation sites is 1. The molecule has 0 radical (unpaired) electrons. The van der Waals surface area contributed by atoms with Crippen LogP contribution < -0.4 is 4.74 Å². The molecule has 4 aromatic rings. The van der Waals surface area contributed by atoms with Gasteiger partial charge in [0.25, 0.3) is 0 Å². The third-order valence-electron chi connectivity index (χ3n) is 5.18. The van der Waals surface area contributed by atoms with E-state index in [4.69, 9.17) is 14.5 Å². The molecule has 150 valence electrons. The van der Waals surface area contributed by atoms with E-state index in [1.165, 1.54) is 0 Å². The number of hydrogen-bond acceptors (Lipinski definition) is 4. The smallest absolute Gasteiger partial charge is 0.339 e. The molecule has 0 fully saturated rings. The van der Waals surface area contributed by atoms with Crippen molar-refractivity contribution >= 4 is 16.9 Å². The molecule has 4 rings (SSSR count). The minimum absolute atomic E-state index is 0.139. The summed E-state index contributed by atoms with van der Waals surface area (Å²) in [5.74, 6) is 0.335. The fraction of sp³-hybridized carbons (Fsp3) is 0.154. The van der Waals surface area contributed by atoms with E-state index in [0.29, 0.717) is 11.3 Å². The monoisotopic (exact) mass is 397 g/mol. The first kappa shape index (κ1) is 19.6. The maximum atomic E-state index is 13.2. The molecule has 0 atom stereocenters. The second-order valence-electron chi connectivity index (χ2n) is 7.24. The number of aromatic nitrogens is 1. The molecule has 0 spiro atoms. The highest BCUT2D eigenvalue weighted by atomic mass is 16.5. The molecule has 0 aliphatic heterocycles. The van der Waals surface area contributed by atoms with E-state index in [1.807, 2.05) is 86.6 Å². The fourth-order valence-corrected chi connectivity index (χ4v) is 3.68. The topological polar surface area (TPSA) is 48.4 Å². The Bertz CT molecular complexity index is 1220. The van der Waals surface area contributed by atoms with Crippen LogP contribution in [0.25, 0.3) is 22.2 Å². The van der Waals surface area contributed by atoms with Gasteiger partial charge in [0.2, 0.25) is 0 Å². The van der Waals surface area contributed by atoms with Crippen molar-refractivity contribution in [3.63, 3.8) is 0 Å². The number of esters is 1. The van der Waals surface area contributed by atoms with E-state index in [9.17, 15) is 4.79 Å². The molecule has 4 nitrogen and oxygen atoms in total. The number of nitrogens with zero attached hydrogens (tertiary/aromatic N) is 1. The van der Waals surface area contributed by atoms with E-state index in [0.717, 1.165) is 38.9 Å². The van der Waals surface area contributed by atoms with Crippen LogP contribution in [-0.2, 0) is 11.3 Å². The highest BCUT2D eigenvalue weighted by Gasteiger charge is 2.20. The zero-order chi connectivity index (χ0) is 21.1. The molecule has 0 amide bonds. The summed E-state index contributed by atoms with van der Waals surface area (Å²) >= 11 is 0. The van der Waals surface area contributed by atoms with Gasteiger partial charge in [-0.3, -0.25) is 0 Å². The Balaban J connectivity index is 1.75. The molecule has 0 saturated heterocycles. The molecule has 0 aliphatic rings. The lowest BCUT2D eigenvalue weighted by Gasteiger charge is -2.15. The quantitative estimate of drug-likeness (QED) is 0.394. The number of rotatable bonds is 5. The number of carbonyl (C=O) groups excluding carboxylic acids is 1. The molecule has 1 aromatic heterocycles. The van der Waals surface area contributed by atoms with Crippen LogP contribution >= 0.6 is 0 Å². The Labute approximate surface area is 176 Å². The largest absolute Gasteiger partial charge is 0.496 e. The Kier molecular flexibility index (Phi) is 5.48. The van der Waals surface area contributed by atoms with Crippen LogP contribution in [0.3, 0.4) is 0 Å². The molecule has 0 saturated carbocycles. The molecular formula is C26H23NO3. The van der Waals surface area contributed by atoms with Crippen LogP contribution in [0.1, 0.15) is 27.0 Å². The van der Waals surface area contributed by atoms with Crippen LogP contribution in [0.5, 0.6) is 5.75 Å². The van der Waals surface area contributed by atoms with Gasteiger partial charge in [-0.15, -0.1) is 0 Å². The number of fused-ring (bicyclic) bond motifs is 1. The molecule has 0 unspecified atom stereocenters. The first-order valence-corrected chi connectivity index (χ1v) is 9.84. The van der Waals surface area contributed by atoms with Crippen molar-refractivity contribution in [1.29, 1.82) is 0 Å². The van der Waals surface area contributed by atoms with Crippen molar-refractivity contribution < 1.29 is 14.3 Å². The van der Waals surface area contributed by atoms with Crippen LogP contribution in [0.15, 0.2) is 72.8 Å². The third-order valence-corrected chi connectivity index (χ3v) is 5.18. The van der Waals surface area contributed by atoms with Crippen molar-refractivity contribution in [2.75, 3.05) is 7.11 Å². The van der Waals surface area contributed by atoms with Crippen molar-refractivity contribution in [2.24, 2.45) is 0 Å². The number of hydrogen-bond donors (Lipinski definition) is 0. The van der Waals surface area contributed by atoms with E-state index in [-0.39, 0.29) is 12.6 Å². The van der Waals surface area contributed by atoms with Gasteiger partial charge < -0.3 is 9.47 Å². The lowest BCUT2D eigenvalue weighted by atomic mass is 9.98. The van der Waals surface area contributed by atoms with Gasteiger partial charge in [-0.1, -0.05) is 60.2 Å². The van der Waals surface area contributed by atoms with E-state index in [1.54, 1.807) is 7.11 Å². The second-order valence-corrected chi connectivity index (χ2v) is 7.24. The Morgan fingerprint density at radius 2 is 1.67 bits per heavy atom. The average Bonchev–Trinajstić information content (AvgIpc) is 2.77. The molecule has 3 aromatic carbocycles. The first-order chi connectivity index (χ1) is 14.6. The summed E-state index contributed by atoms with van der Waals surface area (Å²) in [6, 6.07) is 23.4. The Morgan fingerprint density at radius 1 is 0.933 bits per heavy atom. The summed E-state index contributed by atoms with van der Waals surface area (Å²) in [5.41, 5.74) is 5.79. The predicted molar refractivity (Wildman–Crippen MR) is 119 cm³/mol. The standard InChI is InChI=1S/C26H23NO3/c1-17-13-14-23(29-3)20(15-17)16-30-26(28)24-18(2)25(19-9-5-4-6-10-19)27-22-12-8-7-11-21(22)24/h4-15H,16H2,1-3H3. The second kappa shape index (κ2) is 8.37. The number of benzene rings is 3. The van der Waals surface area contributed by atoms with E-state index >= 15 is 0 Å². The summed E-state index contributed by atoms with van der Waals surface area (Å²) in [5, 5.41) is 0.788. The van der Waals surface area contributed by atoms with E-state index in [2.05, 4.69) is 0 Å². The van der Waals surface area contributed by atoms with Gasteiger partial charge in [-0.25, -0.2) is 9.78 Å². The summed E-state index contributed by atoms with van der Waals surface area (Å²) in [7, 11) is 1.61. The molecular weight excluding hydrogens is 374 g/mol. The lowest BCUT2D eigenvalue weighted by molar-refractivity contribution is 0.0471. The summed E-state index contributed by atoms with van der Waals surface area (Å²) < 4.78 is 11.2. The lowest BCUT2D eigenvalue weighted by Crippen LogP contribution is -2.10. The number of pyridine rings is 1. The highest BCUT2D eigenvalue weighted by molar-refractivity contribution is 6.06. The van der Waals surface area contributed by atoms with Crippen LogP contribution in [0.2, 0.25) is 0 Å². The van der Waals surface area contributed by atoms with Gasteiger partial charge in [-0.2, -0.15) is 0 Å². The summed E-state index contributed by atoms with van der Waals surface area (Å²) in [6.07, 6.45) is 0. The molecule has 0 N–H and O–H groups in total. The first-order valence-electron chi connectivity index (χ1n) is 9.84. The van der Waals surface area contributed by atoms with Gasteiger partial charge in [0, 0.05) is 16.5 Å². The minimum Gasteiger partial charge on any atom is -0.496 e. The average molecular weight is 397 g/mol. The van der Waals surface area contributed by atoms with Gasteiger partial charge in [0.05, 0.1) is 23.9 Å². The molecule has 30 heavy (non-hydrogen) atoms. The van der Waals surface area contributed by atoms with Gasteiger partial charge in [0.1, 0.15) is 12.4 Å². The highest BCUT2D eigenvalue weighted by Crippen LogP contribution is 2.30. The number of carbonyl (C=O) groups is 1. The van der Waals surface area contributed by atoms with Crippen LogP contribution in [0, 0.1) is 13.8 Å². The van der Waals surface area contributed by atoms with Crippen molar-refractivity contribution in [1.82, 2.24) is 4.98 Å². The summed E-state index contributed by atoms with van der Waals surface area (Å²) in [6.45, 7) is 4.06. The minimum atomic E-state index is -0.369. The summed E-state index contributed by atoms with van der Waals surface area (Å²) in [4.78, 5) is 18.0. The van der Waals surface area contributed by atoms with E-state index < -0.39 is 0 Å². The zero-order valence-corrected chi connectivity index (χ0v) is 17.3. The molecule has 1 heterocycles. The third kappa shape index (κ3) is 3.77. The fourth-order valence-electron chi connectivity index (χ4n) is 3.68. The molecule has 0 aliphatic carbocycles. The zero-order valence-electron chi connectivity index (χ0n) is 17.3. The SMILES string of the molecule is COc1ccc(C)cc1COC(=O)c1c(C)c(-c2ccccc2)nc2ccccc12. The van der Waals surface area contributed by atoms with Crippen molar-refractivity contribution in [2.45, 2.75) is 20.5 Å². The van der Waals surface area contributed by atoms with Crippen LogP contribution in [-0.4, -0.2) is 18.1 Å². The maximum Gasteiger partial charge on any atom is 0.339 e. The van der Waals surface area contributed by atoms with Crippen molar-refractivity contribution in [3.05, 3.63) is 95.1 Å². The number of aryl methyl sites for hydroxylation is 1. The molecule has 0 bridgehead atoms. The van der Waals surface area contributed by atoms with Gasteiger partial charge in [-0.05, 0) is 37.6 Å². The van der Waals surface area contributed by atoms with Crippen LogP contribution in [0.4, 0.5) is 0 Å².